The Morgan fingerprint density at radius 1 is 0.841 bits per heavy atom. The van der Waals surface area contributed by atoms with Crippen LogP contribution in [-0.2, 0) is 60.9 Å². The first-order valence-electron chi connectivity index (χ1n) is 23.2. The van der Waals surface area contributed by atoms with Crippen LogP contribution < -0.4 is 39.0 Å². The Balaban J connectivity index is 1.07. The molecule has 5 aromatic carbocycles. The molecule has 16 heteroatoms. The van der Waals surface area contributed by atoms with Crippen molar-refractivity contribution >= 4 is 67.6 Å². The zero-order valence-corrected chi connectivity index (χ0v) is 41.6. The maximum atomic E-state index is 14.2. The first kappa shape index (κ1) is 49.4. The highest BCUT2D eigenvalue weighted by Gasteiger charge is 2.38. The Kier molecular flexibility index (Phi) is 16.5. The number of ether oxygens (including phenoxy) is 7. The van der Waals surface area contributed by atoms with Gasteiger partial charge in [-0.05, 0) is 90.5 Å². The number of hydrogen-bond acceptors (Lipinski definition) is 13. The van der Waals surface area contributed by atoms with Crippen LogP contribution in [0.1, 0.15) is 49.9 Å². The summed E-state index contributed by atoms with van der Waals surface area (Å²) in [6, 6.07) is 29.3. The number of para-hydroxylation sites is 2. The predicted octanol–water partition coefficient (Wildman–Crippen LogP) is 7.98. The van der Waals surface area contributed by atoms with Gasteiger partial charge in [-0.3, -0.25) is 14.6 Å². The molecular weight excluding hydrogens is 915 g/mol. The van der Waals surface area contributed by atoms with Crippen molar-refractivity contribution in [1.29, 1.82) is 0 Å². The first-order chi connectivity index (χ1) is 33.6. The molecule has 0 saturated heterocycles. The molecule has 2 amide bonds. The van der Waals surface area contributed by atoms with Gasteiger partial charge in [-0.1, -0.05) is 54.5 Å². The number of nitrogens with zero attached hydrogens (tertiary/aromatic N) is 4. The average Bonchev–Trinajstić information content (AvgIpc) is 3.94. The molecule has 14 nitrogen and oxygen atoms in total. The number of carbonyl (C=O) groups is 2. The summed E-state index contributed by atoms with van der Waals surface area (Å²) >= 11 is 5.77. The van der Waals surface area contributed by atoms with E-state index in [2.05, 4.69) is 53.3 Å². The molecule has 0 fully saturated rings. The van der Waals surface area contributed by atoms with Crippen molar-refractivity contribution in [2.24, 2.45) is 4.99 Å². The average molecular weight is 976 g/mol. The van der Waals surface area contributed by atoms with Gasteiger partial charge in [0, 0.05) is 67.7 Å². The summed E-state index contributed by atoms with van der Waals surface area (Å²) in [5, 5.41) is 3.75. The number of methoxy groups -OCH3 is 3. The van der Waals surface area contributed by atoms with Crippen molar-refractivity contribution < 1.29 is 42.7 Å². The lowest BCUT2D eigenvalue weighted by Crippen LogP contribution is -2.39. The third-order valence-corrected chi connectivity index (χ3v) is 15.0. The molecule has 0 aromatic heterocycles. The molecule has 3 aliphatic heterocycles. The van der Waals surface area contributed by atoms with Crippen LogP contribution in [0.4, 0.5) is 28.4 Å². The summed E-state index contributed by atoms with van der Waals surface area (Å²) in [4.78, 5) is 38.4. The second kappa shape index (κ2) is 23.0. The molecule has 3 aliphatic rings. The van der Waals surface area contributed by atoms with Crippen molar-refractivity contribution in [2.75, 3.05) is 107 Å². The Bertz CT molecular complexity index is 2680. The fraction of sp³-hybridized carbons (Fsp3) is 0.377. The SMILES string of the molecule is C=Nc1cc(OCc2cc(COc3cc4c(cc3OC)C(=O)N3c5ccccc5C[C@H]3CN4)cc(N(CCOCCOCCOC)C[C@H](C)S(C)=S)c2)c(OC)cc1C(=O)N1CCc2ccccc21. The van der Waals surface area contributed by atoms with E-state index in [0.717, 1.165) is 52.2 Å². The lowest BCUT2D eigenvalue weighted by Gasteiger charge is -2.29. The third kappa shape index (κ3) is 11.4. The number of amides is 2. The number of rotatable bonds is 23. The lowest BCUT2D eigenvalue weighted by atomic mass is 10.1. The minimum absolute atomic E-state index is 0.0105. The van der Waals surface area contributed by atoms with Crippen molar-refractivity contribution in [3.05, 3.63) is 124 Å². The molecule has 3 heterocycles. The van der Waals surface area contributed by atoms with Gasteiger partial charge >= 0.3 is 0 Å². The number of fused-ring (bicyclic) bond motifs is 5. The van der Waals surface area contributed by atoms with E-state index in [9.17, 15) is 9.59 Å². The van der Waals surface area contributed by atoms with Crippen LogP contribution in [0.25, 0.3) is 0 Å². The molecule has 5 aromatic rings. The van der Waals surface area contributed by atoms with Crippen LogP contribution in [0.15, 0.2) is 96.0 Å². The highest BCUT2D eigenvalue weighted by atomic mass is 32.8. The van der Waals surface area contributed by atoms with Crippen LogP contribution in [0.3, 0.4) is 0 Å². The normalized spacial score (nSPS) is 15.5. The van der Waals surface area contributed by atoms with Crippen molar-refractivity contribution in [2.45, 2.75) is 44.3 Å². The minimum atomic E-state index is -0.264. The second-order valence-electron chi connectivity index (χ2n) is 17.2. The van der Waals surface area contributed by atoms with Gasteiger partial charge in [-0.2, -0.15) is 0 Å². The van der Waals surface area contributed by atoms with Gasteiger partial charge in [0.25, 0.3) is 11.8 Å². The molecule has 0 radical (unpaired) electrons. The van der Waals surface area contributed by atoms with Crippen molar-refractivity contribution in [3.63, 3.8) is 0 Å². The number of aliphatic imine (C=N–C) groups is 1. The standard InChI is InChI=1S/C53H61N5O9S2/c1-35(69(6)68)32-56(17-18-64-21-22-65-20-19-61-3)40-24-36(33-66-50-29-44(54-2)42(27-48(50)62-4)52(59)57-16-15-38-11-7-9-13-46(38)57)23-37(25-40)34-67-51-30-45-43(28-49(51)63-5)53(60)58-41(31-55-45)26-39-12-8-10-14-47(39)58/h7-14,23-25,27-30,35,41,55H,2,15-22,26,31-34H2,1,3-6H3/t35-,41-,69?/m0/s1. The van der Waals surface area contributed by atoms with Gasteiger partial charge in [0.15, 0.2) is 23.0 Å². The van der Waals surface area contributed by atoms with Crippen molar-refractivity contribution in [1.82, 2.24) is 0 Å². The molecule has 364 valence electrons. The largest absolute Gasteiger partial charge is 0.493 e. The van der Waals surface area contributed by atoms with Gasteiger partial charge in [-0.25, -0.2) is 0 Å². The highest BCUT2D eigenvalue weighted by Crippen LogP contribution is 2.42. The van der Waals surface area contributed by atoms with E-state index < -0.39 is 0 Å². The molecule has 8 rings (SSSR count). The molecular formula is C53H61N5O9S2. The Labute approximate surface area is 412 Å². The van der Waals surface area contributed by atoms with Crippen LogP contribution in [-0.4, -0.2) is 117 Å². The molecule has 0 spiro atoms. The van der Waals surface area contributed by atoms with E-state index in [1.54, 1.807) is 44.4 Å². The second-order valence-corrected chi connectivity index (χ2v) is 20.5. The highest BCUT2D eigenvalue weighted by molar-refractivity contribution is 8.28. The fourth-order valence-electron chi connectivity index (χ4n) is 9.02. The maximum absolute atomic E-state index is 14.2. The smallest absolute Gasteiger partial charge is 0.260 e. The number of hydrogen-bond donors (Lipinski definition) is 1. The monoisotopic (exact) mass is 975 g/mol. The third-order valence-electron chi connectivity index (χ3n) is 12.7. The maximum Gasteiger partial charge on any atom is 0.260 e. The van der Waals surface area contributed by atoms with Crippen LogP contribution in [0, 0.1) is 0 Å². The quantitative estimate of drug-likeness (QED) is 0.0503. The molecule has 0 aliphatic carbocycles. The van der Waals surface area contributed by atoms with Gasteiger partial charge in [0.05, 0.1) is 75.8 Å². The van der Waals surface area contributed by atoms with Gasteiger partial charge in [0.2, 0.25) is 0 Å². The first-order valence-corrected chi connectivity index (χ1v) is 25.8. The number of benzene rings is 5. The van der Waals surface area contributed by atoms with E-state index in [1.165, 1.54) is 0 Å². The Morgan fingerprint density at radius 2 is 1.49 bits per heavy atom. The van der Waals surface area contributed by atoms with Crippen LogP contribution in [0.2, 0.25) is 0 Å². The van der Waals surface area contributed by atoms with E-state index in [-0.39, 0.29) is 45.8 Å². The van der Waals surface area contributed by atoms with E-state index >= 15 is 0 Å². The Morgan fingerprint density at radius 3 is 2.19 bits per heavy atom. The fourth-order valence-corrected chi connectivity index (χ4v) is 9.60. The summed E-state index contributed by atoms with van der Waals surface area (Å²) in [7, 11) is 4.52. The van der Waals surface area contributed by atoms with Crippen LogP contribution >= 0.6 is 0 Å². The van der Waals surface area contributed by atoms with E-state index in [0.29, 0.717) is 105 Å². The molecule has 1 unspecified atom stereocenters. The van der Waals surface area contributed by atoms with E-state index in [1.807, 2.05) is 59.5 Å². The lowest BCUT2D eigenvalue weighted by molar-refractivity contribution is 0.0264. The van der Waals surface area contributed by atoms with E-state index in [4.69, 9.17) is 44.3 Å². The number of anilines is 4. The zero-order valence-electron chi connectivity index (χ0n) is 40.0. The van der Waals surface area contributed by atoms with Gasteiger partial charge in [0.1, 0.15) is 13.2 Å². The Hall–Kier alpha value is -6.04. The summed E-state index contributed by atoms with van der Waals surface area (Å²) in [6.45, 7) is 11.2. The number of carbonyl (C=O) groups excluding carboxylic acids is 2. The minimum Gasteiger partial charge on any atom is -0.493 e. The summed E-state index contributed by atoms with van der Waals surface area (Å²) in [6.07, 6.45) is 3.63. The molecule has 69 heavy (non-hydrogen) atoms. The molecule has 3 atom stereocenters. The molecule has 1 N–H and O–H groups in total. The summed E-state index contributed by atoms with van der Waals surface area (Å²) in [5.74, 6) is 1.48. The van der Waals surface area contributed by atoms with Gasteiger partial charge < -0.3 is 53.2 Å². The summed E-state index contributed by atoms with van der Waals surface area (Å²) < 4.78 is 41.6. The van der Waals surface area contributed by atoms with Gasteiger partial charge in [-0.15, -0.1) is 9.45 Å². The number of nitrogens with one attached hydrogen (secondary N) is 1. The predicted molar refractivity (Wildman–Crippen MR) is 277 cm³/mol. The summed E-state index contributed by atoms with van der Waals surface area (Å²) in [5.41, 5.74) is 8.76. The van der Waals surface area contributed by atoms with Crippen LogP contribution in [0.5, 0.6) is 23.0 Å². The molecule has 0 bridgehead atoms. The molecule has 0 saturated carbocycles. The zero-order chi connectivity index (χ0) is 48.4. The topological polar surface area (TPSA) is 133 Å². The van der Waals surface area contributed by atoms with Crippen molar-refractivity contribution in [3.8, 4) is 23.0 Å².